The van der Waals surface area contributed by atoms with Gasteiger partial charge in [-0.1, -0.05) is 12.1 Å². The van der Waals surface area contributed by atoms with Crippen LogP contribution in [0, 0.1) is 11.3 Å². The standard InChI is InChI=1S/C16H13NO3/c1-19-16-6-5-12(9-17)7-14(16)11-20-15-4-2-3-13(8-15)10-18/h2-8,10H,11H2,1H3. The molecule has 0 saturated carbocycles. The topological polar surface area (TPSA) is 59.3 Å². The molecule has 2 aromatic rings. The van der Waals surface area contributed by atoms with Crippen LogP contribution in [-0.2, 0) is 6.61 Å². The molecule has 0 unspecified atom stereocenters. The molecule has 4 nitrogen and oxygen atoms in total. The van der Waals surface area contributed by atoms with E-state index in [9.17, 15) is 4.79 Å². The SMILES string of the molecule is COc1ccc(C#N)cc1COc1cccc(C=O)c1. The van der Waals surface area contributed by atoms with Gasteiger partial charge in [0.15, 0.2) is 0 Å². The van der Waals surface area contributed by atoms with Crippen LogP contribution in [0.25, 0.3) is 0 Å². The Morgan fingerprint density at radius 1 is 1.25 bits per heavy atom. The zero-order valence-electron chi connectivity index (χ0n) is 11.0. The summed E-state index contributed by atoms with van der Waals surface area (Å²) in [7, 11) is 1.57. The number of hydrogen-bond acceptors (Lipinski definition) is 4. The Bertz CT molecular complexity index is 659. The van der Waals surface area contributed by atoms with E-state index in [-0.39, 0.29) is 6.61 Å². The van der Waals surface area contributed by atoms with E-state index in [0.717, 1.165) is 11.8 Å². The number of nitriles is 1. The first-order valence-corrected chi connectivity index (χ1v) is 6.02. The van der Waals surface area contributed by atoms with Crippen LogP contribution in [0.2, 0.25) is 0 Å². The van der Waals surface area contributed by atoms with Crippen molar-refractivity contribution in [3.63, 3.8) is 0 Å². The van der Waals surface area contributed by atoms with Gasteiger partial charge in [0.2, 0.25) is 0 Å². The minimum Gasteiger partial charge on any atom is -0.496 e. The lowest BCUT2D eigenvalue weighted by molar-refractivity contribution is 0.112. The molecule has 0 radical (unpaired) electrons. The fraction of sp³-hybridized carbons (Fsp3) is 0.125. The van der Waals surface area contributed by atoms with Crippen molar-refractivity contribution >= 4 is 6.29 Å². The van der Waals surface area contributed by atoms with Crippen molar-refractivity contribution < 1.29 is 14.3 Å². The Balaban J connectivity index is 2.17. The van der Waals surface area contributed by atoms with Gasteiger partial charge < -0.3 is 9.47 Å². The molecule has 2 aromatic carbocycles. The summed E-state index contributed by atoms with van der Waals surface area (Å²) in [6, 6.07) is 14.1. The summed E-state index contributed by atoms with van der Waals surface area (Å²) < 4.78 is 10.9. The first-order valence-electron chi connectivity index (χ1n) is 6.02. The predicted molar refractivity (Wildman–Crippen MR) is 73.9 cm³/mol. The third-order valence-electron chi connectivity index (χ3n) is 2.80. The van der Waals surface area contributed by atoms with Crippen molar-refractivity contribution in [1.82, 2.24) is 0 Å². The monoisotopic (exact) mass is 267 g/mol. The number of ether oxygens (including phenoxy) is 2. The number of benzene rings is 2. The maximum Gasteiger partial charge on any atom is 0.150 e. The molecule has 20 heavy (non-hydrogen) atoms. The maximum atomic E-state index is 10.7. The van der Waals surface area contributed by atoms with Gasteiger partial charge in [-0.2, -0.15) is 5.26 Å². The van der Waals surface area contributed by atoms with Gasteiger partial charge >= 0.3 is 0 Å². The van der Waals surface area contributed by atoms with Gasteiger partial charge in [-0.15, -0.1) is 0 Å². The fourth-order valence-electron chi connectivity index (χ4n) is 1.80. The summed E-state index contributed by atoms with van der Waals surface area (Å²) >= 11 is 0. The van der Waals surface area contributed by atoms with Crippen LogP contribution in [0.1, 0.15) is 21.5 Å². The Morgan fingerprint density at radius 2 is 2.10 bits per heavy atom. The molecule has 2 rings (SSSR count). The summed E-state index contributed by atoms with van der Waals surface area (Å²) in [5, 5.41) is 8.91. The highest BCUT2D eigenvalue weighted by Crippen LogP contribution is 2.22. The third-order valence-corrected chi connectivity index (χ3v) is 2.80. The largest absolute Gasteiger partial charge is 0.496 e. The Morgan fingerprint density at radius 3 is 2.80 bits per heavy atom. The third kappa shape index (κ3) is 3.15. The number of hydrogen-bond donors (Lipinski definition) is 0. The quantitative estimate of drug-likeness (QED) is 0.781. The minimum absolute atomic E-state index is 0.265. The van der Waals surface area contributed by atoms with Crippen molar-refractivity contribution in [3.8, 4) is 17.6 Å². The highest BCUT2D eigenvalue weighted by molar-refractivity contribution is 5.75. The van der Waals surface area contributed by atoms with E-state index >= 15 is 0 Å². The molecular formula is C16H13NO3. The molecule has 4 heteroatoms. The summed E-state index contributed by atoms with van der Waals surface area (Å²) in [6.45, 7) is 0.265. The second kappa shape index (κ2) is 6.39. The molecule has 0 saturated heterocycles. The average molecular weight is 267 g/mol. The van der Waals surface area contributed by atoms with Crippen molar-refractivity contribution in [3.05, 3.63) is 59.2 Å². The molecule has 0 aliphatic rings. The second-order valence-corrected chi connectivity index (χ2v) is 4.12. The number of aldehydes is 1. The van der Waals surface area contributed by atoms with Gasteiger partial charge in [0.05, 0.1) is 18.7 Å². The van der Waals surface area contributed by atoms with Crippen molar-refractivity contribution in [2.75, 3.05) is 7.11 Å². The van der Waals surface area contributed by atoms with Gasteiger partial charge in [0.25, 0.3) is 0 Å². The molecule has 0 bridgehead atoms. The molecule has 0 atom stereocenters. The van der Waals surface area contributed by atoms with E-state index in [2.05, 4.69) is 6.07 Å². The van der Waals surface area contributed by atoms with E-state index in [1.54, 1.807) is 49.6 Å². The Hall–Kier alpha value is -2.80. The van der Waals surface area contributed by atoms with Crippen molar-refractivity contribution in [2.45, 2.75) is 6.61 Å². The van der Waals surface area contributed by atoms with Crippen LogP contribution >= 0.6 is 0 Å². The van der Waals surface area contributed by atoms with Gasteiger partial charge in [0.1, 0.15) is 24.4 Å². The van der Waals surface area contributed by atoms with E-state index in [1.807, 2.05) is 0 Å². The molecule has 100 valence electrons. The summed E-state index contributed by atoms with van der Waals surface area (Å²) in [5.41, 5.74) is 1.88. The smallest absolute Gasteiger partial charge is 0.150 e. The highest BCUT2D eigenvalue weighted by atomic mass is 16.5. The summed E-state index contributed by atoms with van der Waals surface area (Å²) in [6.07, 6.45) is 0.768. The number of carbonyl (C=O) groups is 1. The predicted octanol–water partition coefficient (Wildman–Crippen LogP) is 2.96. The van der Waals surface area contributed by atoms with E-state index in [1.165, 1.54) is 0 Å². The molecule has 0 amide bonds. The van der Waals surface area contributed by atoms with Gasteiger partial charge in [-0.3, -0.25) is 4.79 Å². The van der Waals surface area contributed by atoms with Crippen LogP contribution in [0.3, 0.4) is 0 Å². The molecular weight excluding hydrogens is 254 g/mol. The lowest BCUT2D eigenvalue weighted by Gasteiger charge is -2.10. The van der Waals surface area contributed by atoms with Gasteiger partial charge in [-0.25, -0.2) is 0 Å². The second-order valence-electron chi connectivity index (χ2n) is 4.12. The molecule has 0 heterocycles. The van der Waals surface area contributed by atoms with Crippen LogP contribution in [-0.4, -0.2) is 13.4 Å². The molecule has 0 aliphatic heterocycles. The fourth-order valence-corrected chi connectivity index (χ4v) is 1.80. The maximum absolute atomic E-state index is 10.7. The summed E-state index contributed by atoms with van der Waals surface area (Å²) in [5.74, 6) is 1.26. The van der Waals surface area contributed by atoms with Crippen LogP contribution in [0.5, 0.6) is 11.5 Å². The molecule has 0 aliphatic carbocycles. The van der Waals surface area contributed by atoms with Gasteiger partial charge in [-0.05, 0) is 30.3 Å². The average Bonchev–Trinajstić information content (AvgIpc) is 2.52. The lowest BCUT2D eigenvalue weighted by atomic mass is 10.1. The first-order chi connectivity index (χ1) is 9.76. The Labute approximate surface area is 117 Å². The number of rotatable bonds is 5. The number of carbonyl (C=O) groups excluding carboxylic acids is 1. The van der Waals surface area contributed by atoms with Gasteiger partial charge in [0, 0.05) is 11.1 Å². The summed E-state index contributed by atoms with van der Waals surface area (Å²) in [4.78, 5) is 10.7. The van der Waals surface area contributed by atoms with Crippen LogP contribution in [0.15, 0.2) is 42.5 Å². The lowest BCUT2D eigenvalue weighted by Crippen LogP contribution is -1.99. The zero-order valence-corrected chi connectivity index (χ0v) is 11.0. The minimum atomic E-state index is 0.265. The zero-order chi connectivity index (χ0) is 14.4. The number of methoxy groups -OCH3 is 1. The van der Waals surface area contributed by atoms with Crippen LogP contribution < -0.4 is 9.47 Å². The normalized spacial score (nSPS) is 9.60. The highest BCUT2D eigenvalue weighted by Gasteiger charge is 2.06. The van der Waals surface area contributed by atoms with E-state index < -0.39 is 0 Å². The molecule has 0 N–H and O–H groups in total. The van der Waals surface area contributed by atoms with Crippen molar-refractivity contribution in [2.24, 2.45) is 0 Å². The Kier molecular flexibility index (Phi) is 4.35. The van der Waals surface area contributed by atoms with Crippen LogP contribution in [0.4, 0.5) is 0 Å². The van der Waals surface area contributed by atoms with E-state index in [0.29, 0.717) is 22.6 Å². The van der Waals surface area contributed by atoms with E-state index in [4.69, 9.17) is 14.7 Å². The molecule has 0 spiro atoms. The molecule has 0 aromatic heterocycles. The first kappa shape index (κ1) is 13.6. The van der Waals surface area contributed by atoms with Crippen molar-refractivity contribution in [1.29, 1.82) is 5.26 Å². The number of nitrogens with zero attached hydrogens (tertiary/aromatic N) is 1. The molecule has 0 fully saturated rings.